The number of allylic oxidation sites excluding steroid dienone is 2. The monoisotopic (exact) mass is 298 g/mol. The summed E-state index contributed by atoms with van der Waals surface area (Å²) in [4.78, 5) is 24.3. The third kappa shape index (κ3) is 1.67. The van der Waals surface area contributed by atoms with Gasteiger partial charge in [-0.05, 0) is 66.9 Å². The number of ketones is 2. The van der Waals surface area contributed by atoms with E-state index < -0.39 is 0 Å². The molecule has 118 valence electrons. The van der Waals surface area contributed by atoms with E-state index in [2.05, 4.69) is 20.4 Å². The Balaban J connectivity index is 1.76. The molecule has 0 heterocycles. The number of Topliss-reactive ketones (excluding diaryl/α,β-unsaturated/α-hetero) is 1. The topological polar surface area (TPSA) is 34.1 Å². The number of hydrogen-bond acceptors (Lipinski definition) is 2. The van der Waals surface area contributed by atoms with Crippen molar-refractivity contribution in [2.75, 3.05) is 0 Å². The van der Waals surface area contributed by atoms with Gasteiger partial charge in [0.05, 0.1) is 0 Å². The van der Waals surface area contributed by atoms with E-state index in [0.29, 0.717) is 30.0 Å². The fraction of sp³-hybridized carbons (Fsp3) is 0.700. The quantitative estimate of drug-likeness (QED) is 0.670. The lowest BCUT2D eigenvalue weighted by Gasteiger charge is -2.57. The number of carbonyl (C=O) groups is 2. The van der Waals surface area contributed by atoms with Gasteiger partial charge in [-0.3, -0.25) is 9.59 Å². The van der Waals surface area contributed by atoms with Crippen LogP contribution in [0.15, 0.2) is 23.8 Å². The summed E-state index contributed by atoms with van der Waals surface area (Å²) < 4.78 is 0. The summed E-state index contributed by atoms with van der Waals surface area (Å²) in [6.45, 7) is 8.89. The lowest BCUT2D eigenvalue weighted by Crippen LogP contribution is -2.51. The zero-order chi connectivity index (χ0) is 15.7. The van der Waals surface area contributed by atoms with Gasteiger partial charge in [-0.2, -0.15) is 0 Å². The van der Waals surface area contributed by atoms with Gasteiger partial charge < -0.3 is 0 Å². The van der Waals surface area contributed by atoms with Crippen LogP contribution in [0.4, 0.5) is 0 Å². The Morgan fingerprint density at radius 3 is 2.55 bits per heavy atom. The Hall–Kier alpha value is -1.18. The molecule has 0 aromatic heterocycles. The maximum atomic E-state index is 12.4. The van der Waals surface area contributed by atoms with Gasteiger partial charge in [0, 0.05) is 18.3 Å². The Labute approximate surface area is 133 Å². The van der Waals surface area contributed by atoms with Crippen LogP contribution in [-0.2, 0) is 9.59 Å². The fourth-order valence-electron chi connectivity index (χ4n) is 6.34. The Bertz CT molecular complexity index is 613. The molecule has 4 aliphatic carbocycles. The summed E-state index contributed by atoms with van der Waals surface area (Å²) >= 11 is 0. The highest BCUT2D eigenvalue weighted by Gasteiger charge is 2.59. The van der Waals surface area contributed by atoms with Crippen LogP contribution in [0.5, 0.6) is 0 Å². The van der Waals surface area contributed by atoms with Crippen molar-refractivity contribution in [3.63, 3.8) is 0 Å². The molecule has 5 atom stereocenters. The Kier molecular flexibility index (Phi) is 2.90. The first-order valence-electron chi connectivity index (χ1n) is 8.83. The maximum Gasteiger partial charge on any atom is 0.156 e. The summed E-state index contributed by atoms with van der Waals surface area (Å²) in [5.74, 6) is 2.51. The van der Waals surface area contributed by atoms with Gasteiger partial charge in [-0.1, -0.05) is 26.0 Å². The van der Waals surface area contributed by atoms with Crippen LogP contribution in [0.25, 0.3) is 0 Å². The highest BCUT2D eigenvalue weighted by atomic mass is 16.1. The van der Waals surface area contributed by atoms with Crippen molar-refractivity contribution in [3.8, 4) is 0 Å². The molecule has 22 heavy (non-hydrogen) atoms. The molecule has 0 aromatic rings. The summed E-state index contributed by atoms with van der Waals surface area (Å²) in [7, 11) is 0. The van der Waals surface area contributed by atoms with Crippen molar-refractivity contribution < 1.29 is 9.59 Å². The van der Waals surface area contributed by atoms with Crippen LogP contribution in [0.1, 0.15) is 58.8 Å². The third-order valence-electron chi connectivity index (χ3n) is 7.64. The summed E-state index contributed by atoms with van der Waals surface area (Å²) in [5, 5.41) is 0. The average Bonchev–Trinajstić information content (AvgIpc) is 2.77. The van der Waals surface area contributed by atoms with E-state index in [9.17, 15) is 9.59 Å². The van der Waals surface area contributed by atoms with Crippen LogP contribution < -0.4 is 0 Å². The van der Waals surface area contributed by atoms with Crippen molar-refractivity contribution in [2.24, 2.45) is 28.6 Å². The molecule has 4 rings (SSSR count). The van der Waals surface area contributed by atoms with Gasteiger partial charge in [0.1, 0.15) is 5.78 Å². The van der Waals surface area contributed by atoms with Crippen LogP contribution >= 0.6 is 0 Å². The van der Waals surface area contributed by atoms with Gasteiger partial charge in [0.2, 0.25) is 0 Å². The summed E-state index contributed by atoms with van der Waals surface area (Å²) in [6.07, 6.45) is 8.54. The second kappa shape index (κ2) is 4.43. The van der Waals surface area contributed by atoms with E-state index in [1.807, 2.05) is 6.08 Å². The molecular weight excluding hydrogens is 272 g/mol. The second-order valence-electron chi connectivity index (χ2n) is 8.54. The number of carbonyl (C=O) groups excluding carboxylic acids is 2. The van der Waals surface area contributed by atoms with E-state index in [0.717, 1.165) is 38.5 Å². The predicted molar refractivity (Wildman–Crippen MR) is 86.2 cm³/mol. The third-order valence-corrected chi connectivity index (χ3v) is 7.64. The van der Waals surface area contributed by atoms with Crippen LogP contribution in [0.2, 0.25) is 0 Å². The van der Waals surface area contributed by atoms with Crippen LogP contribution in [-0.4, -0.2) is 11.6 Å². The molecule has 0 bridgehead atoms. The molecule has 3 fully saturated rings. The van der Waals surface area contributed by atoms with Crippen LogP contribution in [0.3, 0.4) is 0 Å². The van der Waals surface area contributed by atoms with Crippen molar-refractivity contribution in [1.29, 1.82) is 0 Å². The minimum atomic E-state index is -0.0799. The number of rotatable bonds is 0. The SMILES string of the molecule is C=C1C[C@@H]2[C@@H](CC[C@]3(C)C(=O)CC[C@H]23)[C@@]2(C)CCC(=O)C=C12. The van der Waals surface area contributed by atoms with Gasteiger partial charge in [0.15, 0.2) is 5.78 Å². The molecule has 0 aliphatic heterocycles. The van der Waals surface area contributed by atoms with E-state index in [-0.39, 0.29) is 16.6 Å². The van der Waals surface area contributed by atoms with E-state index in [1.165, 1.54) is 11.1 Å². The molecule has 0 radical (unpaired) electrons. The zero-order valence-electron chi connectivity index (χ0n) is 13.8. The first kappa shape index (κ1) is 14.4. The Morgan fingerprint density at radius 2 is 1.77 bits per heavy atom. The van der Waals surface area contributed by atoms with Crippen molar-refractivity contribution >= 4 is 11.6 Å². The first-order valence-corrected chi connectivity index (χ1v) is 8.83. The molecule has 2 nitrogen and oxygen atoms in total. The van der Waals surface area contributed by atoms with E-state index in [1.54, 1.807) is 0 Å². The molecule has 0 amide bonds. The van der Waals surface area contributed by atoms with Crippen LogP contribution in [0, 0.1) is 28.6 Å². The molecule has 2 heteroatoms. The minimum Gasteiger partial charge on any atom is -0.299 e. The minimum absolute atomic E-state index is 0.0799. The first-order chi connectivity index (χ1) is 10.4. The van der Waals surface area contributed by atoms with Gasteiger partial charge in [-0.25, -0.2) is 0 Å². The lowest BCUT2D eigenvalue weighted by atomic mass is 9.47. The largest absolute Gasteiger partial charge is 0.299 e. The number of hydrogen-bond donors (Lipinski definition) is 0. The van der Waals surface area contributed by atoms with Gasteiger partial charge >= 0.3 is 0 Å². The smallest absolute Gasteiger partial charge is 0.156 e. The standard InChI is InChI=1S/C20H26O2/c1-12-10-14-15-4-5-18(22)20(15,3)9-7-16(14)19(2)8-6-13(21)11-17(12)19/h11,14-16H,1,4-10H2,2-3H3/t14-,15+,16+,19+,20-/m0/s1. The fourth-order valence-corrected chi connectivity index (χ4v) is 6.34. The normalized spacial score (nSPS) is 47.6. The molecular formula is C20H26O2. The molecule has 0 aromatic carbocycles. The molecule has 0 spiro atoms. The van der Waals surface area contributed by atoms with Crippen molar-refractivity contribution in [2.45, 2.75) is 58.8 Å². The average molecular weight is 298 g/mol. The molecule has 0 N–H and O–H groups in total. The summed E-state index contributed by atoms with van der Waals surface area (Å²) in [5.41, 5.74) is 2.43. The van der Waals surface area contributed by atoms with E-state index in [4.69, 9.17) is 0 Å². The highest BCUT2D eigenvalue weighted by molar-refractivity contribution is 5.92. The van der Waals surface area contributed by atoms with Crippen molar-refractivity contribution in [1.82, 2.24) is 0 Å². The molecule has 0 unspecified atom stereocenters. The van der Waals surface area contributed by atoms with Gasteiger partial charge in [-0.15, -0.1) is 0 Å². The predicted octanol–water partition coefficient (Wildman–Crippen LogP) is 4.25. The van der Waals surface area contributed by atoms with Crippen molar-refractivity contribution in [3.05, 3.63) is 23.8 Å². The number of fused-ring (bicyclic) bond motifs is 5. The molecule has 4 aliphatic rings. The maximum absolute atomic E-state index is 12.4. The Morgan fingerprint density at radius 1 is 1.05 bits per heavy atom. The second-order valence-corrected chi connectivity index (χ2v) is 8.54. The lowest BCUT2D eigenvalue weighted by molar-refractivity contribution is -0.132. The van der Waals surface area contributed by atoms with Gasteiger partial charge in [0.25, 0.3) is 0 Å². The molecule has 0 saturated heterocycles. The molecule has 3 saturated carbocycles. The summed E-state index contributed by atoms with van der Waals surface area (Å²) in [6, 6.07) is 0. The highest BCUT2D eigenvalue weighted by Crippen LogP contribution is 2.65. The van der Waals surface area contributed by atoms with E-state index >= 15 is 0 Å². The zero-order valence-corrected chi connectivity index (χ0v) is 13.8.